The zero-order chi connectivity index (χ0) is 18.3. The first-order chi connectivity index (χ1) is 12.5. The van der Waals surface area contributed by atoms with Gasteiger partial charge in [0.2, 0.25) is 5.91 Å². The predicted octanol–water partition coefficient (Wildman–Crippen LogP) is 2.63. The molecule has 0 bridgehead atoms. The predicted molar refractivity (Wildman–Crippen MR) is 101 cm³/mol. The van der Waals surface area contributed by atoms with Crippen LogP contribution in [0.25, 0.3) is 5.52 Å². The number of carbonyl (C=O) groups excluding carboxylic acids is 1. The fraction of sp³-hybridized carbons (Fsp3) is 0.350. The van der Waals surface area contributed by atoms with Crippen LogP contribution in [0.1, 0.15) is 35.2 Å². The number of hydrogen-bond donors (Lipinski definition) is 1. The van der Waals surface area contributed by atoms with Crippen molar-refractivity contribution in [3.05, 3.63) is 63.3 Å². The van der Waals surface area contributed by atoms with Gasteiger partial charge in [-0.3, -0.25) is 9.59 Å². The molecule has 0 atom stereocenters. The topological polar surface area (TPSA) is 68.4 Å². The van der Waals surface area contributed by atoms with E-state index in [0.717, 1.165) is 53.8 Å². The maximum Gasteiger partial charge on any atom is 0.277 e. The maximum absolute atomic E-state index is 12.9. The van der Waals surface area contributed by atoms with Crippen LogP contribution in [-0.4, -0.2) is 20.1 Å². The molecular formula is C20H22N4O2. The second-order valence-corrected chi connectivity index (χ2v) is 7.02. The molecule has 3 aromatic rings. The monoisotopic (exact) mass is 350 g/mol. The maximum atomic E-state index is 12.9. The molecule has 2 heterocycles. The number of aryl methyl sites for hydroxylation is 4. The molecule has 6 heteroatoms. The Morgan fingerprint density at radius 1 is 1.19 bits per heavy atom. The summed E-state index contributed by atoms with van der Waals surface area (Å²) in [6, 6.07) is 5.87. The molecule has 1 aliphatic carbocycles. The summed E-state index contributed by atoms with van der Waals surface area (Å²) in [4.78, 5) is 25.3. The molecule has 0 saturated heterocycles. The van der Waals surface area contributed by atoms with Gasteiger partial charge < -0.3 is 9.88 Å². The summed E-state index contributed by atoms with van der Waals surface area (Å²) < 4.78 is 3.13. The number of aromatic nitrogens is 3. The van der Waals surface area contributed by atoms with Crippen molar-refractivity contribution in [1.82, 2.24) is 14.2 Å². The Morgan fingerprint density at radius 2 is 2.00 bits per heavy atom. The van der Waals surface area contributed by atoms with Gasteiger partial charge in [0.25, 0.3) is 5.56 Å². The lowest BCUT2D eigenvalue weighted by molar-refractivity contribution is -0.116. The summed E-state index contributed by atoms with van der Waals surface area (Å²) in [5.74, 6) is -0.211. The number of nitrogens with zero attached hydrogens (tertiary/aromatic N) is 3. The lowest BCUT2D eigenvalue weighted by atomic mass is 9.97. The molecule has 0 spiro atoms. The van der Waals surface area contributed by atoms with E-state index in [1.54, 1.807) is 16.9 Å². The normalized spacial score (nSPS) is 13.6. The summed E-state index contributed by atoms with van der Waals surface area (Å²) in [7, 11) is 0. The molecule has 0 unspecified atom stereocenters. The molecule has 0 aliphatic heterocycles. The molecule has 0 saturated carbocycles. The molecule has 1 aromatic carbocycles. The van der Waals surface area contributed by atoms with Crippen LogP contribution in [0.5, 0.6) is 0 Å². The first kappa shape index (κ1) is 16.6. The van der Waals surface area contributed by atoms with Crippen LogP contribution in [0.2, 0.25) is 0 Å². The molecule has 1 amide bonds. The summed E-state index contributed by atoms with van der Waals surface area (Å²) in [5.41, 5.74) is 5.45. The van der Waals surface area contributed by atoms with Gasteiger partial charge in [0.1, 0.15) is 12.1 Å². The fourth-order valence-electron chi connectivity index (χ4n) is 3.68. The Bertz CT molecular complexity index is 1060. The first-order valence-corrected chi connectivity index (χ1v) is 8.99. The highest BCUT2D eigenvalue weighted by molar-refractivity contribution is 5.91. The highest BCUT2D eigenvalue weighted by Crippen LogP contribution is 2.22. The van der Waals surface area contributed by atoms with E-state index < -0.39 is 0 Å². The van der Waals surface area contributed by atoms with Crippen molar-refractivity contribution >= 4 is 17.1 Å². The minimum Gasteiger partial charge on any atom is -0.324 e. The number of fused-ring (bicyclic) bond motifs is 3. The Hall–Kier alpha value is -2.89. The van der Waals surface area contributed by atoms with E-state index in [1.165, 1.54) is 4.57 Å². The standard InChI is InChI=1S/C20H22N4O2/c1-13-7-8-16(14(2)11-13)21-18(25)12-23-9-10-24-19(20(23)26)15-5-3-4-6-17(15)22-24/h7-11H,3-6,12H2,1-2H3,(H,21,25). The van der Waals surface area contributed by atoms with Crippen molar-refractivity contribution in [2.45, 2.75) is 46.1 Å². The largest absolute Gasteiger partial charge is 0.324 e. The molecule has 6 nitrogen and oxygen atoms in total. The second-order valence-electron chi connectivity index (χ2n) is 7.02. The minimum atomic E-state index is -0.211. The van der Waals surface area contributed by atoms with Crippen molar-refractivity contribution in [3.8, 4) is 0 Å². The molecule has 134 valence electrons. The number of nitrogens with one attached hydrogen (secondary N) is 1. The number of anilines is 1. The van der Waals surface area contributed by atoms with Crippen LogP contribution in [0.4, 0.5) is 5.69 Å². The van der Waals surface area contributed by atoms with Crippen molar-refractivity contribution in [1.29, 1.82) is 0 Å². The molecule has 4 rings (SSSR count). The molecule has 0 radical (unpaired) electrons. The third kappa shape index (κ3) is 2.92. The smallest absolute Gasteiger partial charge is 0.277 e. The van der Waals surface area contributed by atoms with Crippen molar-refractivity contribution in [2.75, 3.05) is 5.32 Å². The number of amides is 1. The van der Waals surface area contributed by atoms with Gasteiger partial charge in [-0.05, 0) is 51.2 Å². The SMILES string of the molecule is Cc1ccc(NC(=O)Cn2ccn3nc4c(c3c2=O)CCCC4)c(C)c1. The number of hydrogen-bond acceptors (Lipinski definition) is 3. The number of carbonyl (C=O) groups is 1. The van der Waals surface area contributed by atoms with Crippen LogP contribution >= 0.6 is 0 Å². The summed E-state index contributed by atoms with van der Waals surface area (Å²) in [6.45, 7) is 3.96. The van der Waals surface area contributed by atoms with Gasteiger partial charge in [-0.2, -0.15) is 5.10 Å². The lowest BCUT2D eigenvalue weighted by Crippen LogP contribution is -2.28. The number of rotatable bonds is 3. The molecule has 26 heavy (non-hydrogen) atoms. The van der Waals surface area contributed by atoms with Crippen molar-refractivity contribution < 1.29 is 4.79 Å². The molecule has 1 N–H and O–H groups in total. The molecule has 0 fully saturated rings. The van der Waals surface area contributed by atoms with Crippen LogP contribution in [0.15, 0.2) is 35.4 Å². The van der Waals surface area contributed by atoms with Gasteiger partial charge in [-0.1, -0.05) is 17.7 Å². The lowest BCUT2D eigenvalue weighted by Gasteiger charge is -2.11. The Balaban J connectivity index is 1.61. The van der Waals surface area contributed by atoms with Gasteiger partial charge >= 0.3 is 0 Å². The van der Waals surface area contributed by atoms with E-state index in [2.05, 4.69) is 10.4 Å². The van der Waals surface area contributed by atoms with Gasteiger partial charge in [0.15, 0.2) is 0 Å². The second kappa shape index (κ2) is 6.44. The average molecular weight is 350 g/mol. The third-order valence-electron chi connectivity index (χ3n) is 5.00. The van der Waals surface area contributed by atoms with E-state index in [9.17, 15) is 9.59 Å². The van der Waals surface area contributed by atoms with Gasteiger partial charge in [0, 0.05) is 23.6 Å². The van der Waals surface area contributed by atoms with Gasteiger partial charge in [-0.15, -0.1) is 0 Å². The zero-order valence-electron chi connectivity index (χ0n) is 15.1. The van der Waals surface area contributed by atoms with E-state index in [1.807, 2.05) is 32.0 Å². The highest BCUT2D eigenvalue weighted by Gasteiger charge is 2.20. The quantitative estimate of drug-likeness (QED) is 0.789. The van der Waals surface area contributed by atoms with Crippen molar-refractivity contribution in [2.24, 2.45) is 0 Å². The molecular weight excluding hydrogens is 328 g/mol. The fourth-order valence-corrected chi connectivity index (χ4v) is 3.68. The highest BCUT2D eigenvalue weighted by atomic mass is 16.2. The summed E-state index contributed by atoms with van der Waals surface area (Å²) in [6.07, 6.45) is 7.39. The summed E-state index contributed by atoms with van der Waals surface area (Å²) >= 11 is 0. The Kier molecular flexibility index (Phi) is 4.11. The van der Waals surface area contributed by atoms with Gasteiger partial charge in [0.05, 0.1) is 5.69 Å². The first-order valence-electron chi connectivity index (χ1n) is 8.99. The summed E-state index contributed by atoms with van der Waals surface area (Å²) in [5, 5.41) is 7.42. The van der Waals surface area contributed by atoms with Crippen molar-refractivity contribution in [3.63, 3.8) is 0 Å². The number of benzene rings is 1. The van der Waals surface area contributed by atoms with E-state index >= 15 is 0 Å². The van der Waals surface area contributed by atoms with Gasteiger partial charge in [-0.25, -0.2) is 4.52 Å². The van der Waals surface area contributed by atoms with E-state index in [4.69, 9.17) is 0 Å². The van der Waals surface area contributed by atoms with Crippen LogP contribution in [0, 0.1) is 13.8 Å². The zero-order valence-corrected chi connectivity index (χ0v) is 15.1. The molecule has 2 aromatic heterocycles. The average Bonchev–Trinajstić information content (AvgIpc) is 2.99. The Morgan fingerprint density at radius 3 is 2.81 bits per heavy atom. The van der Waals surface area contributed by atoms with Crippen LogP contribution < -0.4 is 10.9 Å². The third-order valence-corrected chi connectivity index (χ3v) is 5.00. The van der Waals surface area contributed by atoms with E-state index in [0.29, 0.717) is 5.52 Å². The van der Waals surface area contributed by atoms with E-state index in [-0.39, 0.29) is 18.0 Å². The van der Waals surface area contributed by atoms with Crippen LogP contribution in [0.3, 0.4) is 0 Å². The minimum absolute atomic E-state index is 0.0113. The molecule has 1 aliphatic rings. The van der Waals surface area contributed by atoms with Crippen LogP contribution in [-0.2, 0) is 24.2 Å². The Labute approximate surface area is 151 Å².